The lowest BCUT2D eigenvalue weighted by Crippen LogP contribution is -2.45. The lowest BCUT2D eigenvalue weighted by molar-refractivity contribution is -0.118. The number of ether oxygens (including phenoxy) is 1. The summed E-state index contributed by atoms with van der Waals surface area (Å²) in [7, 11) is 1.58. The number of aromatic nitrogens is 2. The normalized spacial score (nSPS) is 11.5. The van der Waals surface area contributed by atoms with E-state index in [9.17, 15) is 14.0 Å². The van der Waals surface area contributed by atoms with Gasteiger partial charge in [0.05, 0.1) is 12.7 Å². The molecule has 3 aromatic carbocycles. The molecule has 0 aliphatic carbocycles. The first-order chi connectivity index (χ1) is 16.5. The Bertz CT molecular complexity index is 1300. The van der Waals surface area contributed by atoms with E-state index in [0.29, 0.717) is 10.8 Å². The summed E-state index contributed by atoms with van der Waals surface area (Å²) in [5, 5.41) is 14.4. The van der Waals surface area contributed by atoms with E-state index in [-0.39, 0.29) is 17.1 Å². The number of hydrogen-bond donors (Lipinski definition) is 2. The number of carbonyl (C=O) groups excluding carboxylic acids is 2. The Labute approximate surface area is 199 Å². The van der Waals surface area contributed by atoms with Crippen molar-refractivity contribution < 1.29 is 18.7 Å². The summed E-state index contributed by atoms with van der Waals surface area (Å²) in [6.45, 7) is 0. The van der Waals surface area contributed by atoms with E-state index in [0.717, 1.165) is 11.1 Å². The maximum absolute atomic E-state index is 14.1. The van der Waals surface area contributed by atoms with Gasteiger partial charge in [-0.25, -0.2) is 4.39 Å². The van der Waals surface area contributed by atoms with E-state index >= 15 is 0 Å². The number of halogens is 1. The van der Waals surface area contributed by atoms with Gasteiger partial charge in [0, 0.05) is 12.0 Å². The number of nitrogens with zero attached hydrogens (tertiary/aromatic N) is 2. The van der Waals surface area contributed by atoms with Crippen molar-refractivity contribution in [2.24, 2.45) is 0 Å². The summed E-state index contributed by atoms with van der Waals surface area (Å²) in [5.41, 5.74) is 1.50. The van der Waals surface area contributed by atoms with Crippen LogP contribution in [0, 0.1) is 5.82 Å². The molecule has 2 amide bonds. The first-order valence-corrected chi connectivity index (χ1v) is 11.2. The second-order valence-electron chi connectivity index (χ2n) is 7.33. The number of hydrogen-bond acceptors (Lipinski definition) is 6. The molecule has 0 saturated heterocycles. The molecular weight excluding hydrogens is 455 g/mol. The SMILES string of the molecule is COc1cccc(-c2nnc(NC(=O)C(Cc3ccccc3)NC(=O)c3ccccc3F)s2)c1. The molecule has 9 heteroatoms. The van der Waals surface area contributed by atoms with Crippen molar-refractivity contribution in [3.05, 3.63) is 95.8 Å². The van der Waals surface area contributed by atoms with Gasteiger partial charge in [0.2, 0.25) is 11.0 Å². The largest absolute Gasteiger partial charge is 0.497 e. The van der Waals surface area contributed by atoms with Gasteiger partial charge in [-0.15, -0.1) is 10.2 Å². The highest BCUT2D eigenvalue weighted by Gasteiger charge is 2.24. The van der Waals surface area contributed by atoms with E-state index in [4.69, 9.17) is 4.74 Å². The topological polar surface area (TPSA) is 93.2 Å². The summed E-state index contributed by atoms with van der Waals surface area (Å²) >= 11 is 1.19. The predicted molar refractivity (Wildman–Crippen MR) is 128 cm³/mol. The first kappa shape index (κ1) is 23.1. The molecule has 172 valence electrons. The highest BCUT2D eigenvalue weighted by atomic mass is 32.1. The maximum Gasteiger partial charge on any atom is 0.254 e. The highest BCUT2D eigenvalue weighted by molar-refractivity contribution is 7.18. The number of benzene rings is 3. The molecule has 0 bridgehead atoms. The third kappa shape index (κ3) is 5.62. The molecule has 0 aliphatic rings. The molecule has 0 spiro atoms. The van der Waals surface area contributed by atoms with Gasteiger partial charge in [-0.1, -0.05) is 65.9 Å². The Morgan fingerprint density at radius 3 is 2.53 bits per heavy atom. The van der Waals surface area contributed by atoms with Gasteiger partial charge in [0.1, 0.15) is 22.6 Å². The Kier molecular flexibility index (Phi) is 7.24. The van der Waals surface area contributed by atoms with Gasteiger partial charge in [0.25, 0.3) is 5.91 Å². The molecule has 4 aromatic rings. The van der Waals surface area contributed by atoms with E-state index in [1.807, 2.05) is 54.6 Å². The molecule has 1 unspecified atom stereocenters. The minimum atomic E-state index is -0.960. The average molecular weight is 477 g/mol. The summed E-state index contributed by atoms with van der Waals surface area (Å²) < 4.78 is 19.3. The molecule has 2 N–H and O–H groups in total. The van der Waals surface area contributed by atoms with Crippen LogP contribution in [0.1, 0.15) is 15.9 Å². The molecule has 34 heavy (non-hydrogen) atoms. The Morgan fingerprint density at radius 2 is 1.76 bits per heavy atom. The van der Waals surface area contributed by atoms with E-state index in [2.05, 4.69) is 20.8 Å². The van der Waals surface area contributed by atoms with Crippen molar-refractivity contribution in [1.29, 1.82) is 0 Å². The maximum atomic E-state index is 14.1. The van der Waals surface area contributed by atoms with Crippen LogP contribution in [-0.4, -0.2) is 35.2 Å². The van der Waals surface area contributed by atoms with Gasteiger partial charge >= 0.3 is 0 Å². The number of carbonyl (C=O) groups is 2. The molecule has 0 aliphatic heterocycles. The summed E-state index contributed by atoms with van der Waals surface area (Å²) in [4.78, 5) is 25.8. The van der Waals surface area contributed by atoms with Crippen LogP contribution in [0.5, 0.6) is 5.75 Å². The van der Waals surface area contributed by atoms with Crippen LogP contribution in [0.25, 0.3) is 10.6 Å². The minimum absolute atomic E-state index is 0.135. The Morgan fingerprint density at radius 1 is 1.00 bits per heavy atom. The predicted octanol–water partition coefficient (Wildman–Crippen LogP) is 4.33. The third-order valence-corrected chi connectivity index (χ3v) is 5.88. The fourth-order valence-electron chi connectivity index (χ4n) is 3.28. The molecule has 7 nitrogen and oxygen atoms in total. The highest BCUT2D eigenvalue weighted by Crippen LogP contribution is 2.28. The Hall–Kier alpha value is -4.11. The smallest absolute Gasteiger partial charge is 0.254 e. The fourth-order valence-corrected chi connectivity index (χ4v) is 4.02. The van der Waals surface area contributed by atoms with Crippen LogP contribution in [0.3, 0.4) is 0 Å². The summed E-state index contributed by atoms with van der Waals surface area (Å²) in [6.07, 6.45) is 0.217. The van der Waals surface area contributed by atoms with Gasteiger partial charge in [-0.2, -0.15) is 0 Å². The molecule has 1 atom stereocenters. The third-order valence-electron chi connectivity index (χ3n) is 4.99. The van der Waals surface area contributed by atoms with Crippen molar-refractivity contribution >= 4 is 28.3 Å². The van der Waals surface area contributed by atoms with Crippen molar-refractivity contribution in [3.63, 3.8) is 0 Å². The van der Waals surface area contributed by atoms with Crippen molar-refractivity contribution in [1.82, 2.24) is 15.5 Å². The van der Waals surface area contributed by atoms with E-state index in [1.165, 1.54) is 29.5 Å². The zero-order chi connectivity index (χ0) is 23.9. The number of amides is 2. The van der Waals surface area contributed by atoms with Gasteiger partial charge in [-0.3, -0.25) is 14.9 Å². The van der Waals surface area contributed by atoms with Crippen LogP contribution < -0.4 is 15.4 Å². The van der Waals surface area contributed by atoms with Crippen molar-refractivity contribution in [2.75, 3.05) is 12.4 Å². The lowest BCUT2D eigenvalue weighted by atomic mass is 10.0. The second-order valence-corrected chi connectivity index (χ2v) is 8.31. The molecule has 1 aromatic heterocycles. The molecule has 4 rings (SSSR count). The van der Waals surface area contributed by atoms with Gasteiger partial charge < -0.3 is 10.1 Å². The zero-order valence-electron chi connectivity index (χ0n) is 18.2. The van der Waals surface area contributed by atoms with Crippen LogP contribution in [-0.2, 0) is 11.2 Å². The summed E-state index contributed by atoms with van der Waals surface area (Å²) in [5.74, 6) is -1.15. The van der Waals surface area contributed by atoms with Crippen molar-refractivity contribution in [2.45, 2.75) is 12.5 Å². The van der Waals surface area contributed by atoms with Crippen LogP contribution >= 0.6 is 11.3 Å². The molecule has 0 saturated carbocycles. The number of nitrogens with one attached hydrogen (secondary N) is 2. The van der Waals surface area contributed by atoms with E-state index in [1.54, 1.807) is 13.2 Å². The van der Waals surface area contributed by atoms with Crippen LogP contribution in [0.4, 0.5) is 9.52 Å². The standard InChI is InChI=1S/C25H21FN4O3S/c1-33-18-11-7-10-17(15-18)24-29-30-25(34-24)28-23(32)21(14-16-8-3-2-4-9-16)27-22(31)19-12-5-6-13-20(19)26/h2-13,15,21H,14H2,1H3,(H,27,31)(H,28,30,32). The van der Waals surface area contributed by atoms with Crippen LogP contribution in [0.2, 0.25) is 0 Å². The Balaban J connectivity index is 1.52. The fraction of sp³-hybridized carbons (Fsp3) is 0.120. The van der Waals surface area contributed by atoms with Crippen molar-refractivity contribution in [3.8, 4) is 16.3 Å². The number of anilines is 1. The van der Waals surface area contributed by atoms with Gasteiger partial charge in [-0.05, 0) is 29.8 Å². The average Bonchev–Trinajstić information content (AvgIpc) is 3.33. The molecule has 1 heterocycles. The number of rotatable bonds is 8. The number of methoxy groups -OCH3 is 1. The first-order valence-electron chi connectivity index (χ1n) is 10.4. The molecular formula is C25H21FN4O3S. The van der Waals surface area contributed by atoms with E-state index < -0.39 is 23.7 Å². The lowest BCUT2D eigenvalue weighted by Gasteiger charge is -2.18. The van der Waals surface area contributed by atoms with Gasteiger partial charge in [0.15, 0.2) is 0 Å². The second kappa shape index (κ2) is 10.7. The molecule has 0 fully saturated rings. The monoisotopic (exact) mass is 476 g/mol. The molecule has 0 radical (unpaired) electrons. The quantitative estimate of drug-likeness (QED) is 0.395. The van der Waals surface area contributed by atoms with Crippen LogP contribution in [0.15, 0.2) is 78.9 Å². The zero-order valence-corrected chi connectivity index (χ0v) is 19.0. The summed E-state index contributed by atoms with van der Waals surface area (Å²) in [6, 6.07) is 21.2. The minimum Gasteiger partial charge on any atom is -0.497 e.